The summed E-state index contributed by atoms with van der Waals surface area (Å²) in [5.41, 5.74) is 6.25. The molecule has 1 amide bonds. The second kappa shape index (κ2) is 5.36. The zero-order chi connectivity index (χ0) is 13.3. The molecule has 0 spiro atoms. The third kappa shape index (κ3) is 2.90. The third-order valence-corrected chi connectivity index (χ3v) is 3.74. The first-order valence-electron chi connectivity index (χ1n) is 6.00. The number of halogens is 2. The van der Waals surface area contributed by atoms with Crippen molar-refractivity contribution in [2.45, 2.75) is 31.8 Å². The highest BCUT2D eigenvalue weighted by Crippen LogP contribution is 2.21. The van der Waals surface area contributed by atoms with Gasteiger partial charge in [-0.05, 0) is 38.0 Å². The smallest absolute Gasteiger partial charge is 0.254 e. The van der Waals surface area contributed by atoms with Crippen LogP contribution < -0.4 is 5.73 Å². The Morgan fingerprint density at radius 3 is 2.83 bits per heavy atom. The molecule has 98 valence electrons. The number of likely N-dealkylation sites (tertiary alicyclic amines) is 1. The number of nitrogens with two attached hydrogens (primary N) is 1. The predicted molar refractivity (Wildman–Crippen MR) is 71.8 cm³/mol. The first kappa shape index (κ1) is 13.5. The monoisotopic (exact) mass is 314 g/mol. The number of carbonyl (C=O) groups excluding carboxylic acids is 1. The Bertz CT molecular complexity index is 446. The van der Waals surface area contributed by atoms with Gasteiger partial charge in [0.15, 0.2) is 0 Å². The molecule has 0 radical (unpaired) electrons. The maximum Gasteiger partial charge on any atom is 0.254 e. The second-order valence-corrected chi connectivity index (χ2v) is 5.71. The third-order valence-electron chi connectivity index (χ3n) is 3.29. The van der Waals surface area contributed by atoms with Crippen LogP contribution in [0.25, 0.3) is 0 Å². The summed E-state index contributed by atoms with van der Waals surface area (Å²) in [6.45, 7) is 2.61. The molecule has 0 unspecified atom stereocenters. The molecule has 2 N–H and O–H groups in total. The average Bonchev–Trinajstić information content (AvgIpc) is 2.26. The highest BCUT2D eigenvalue weighted by Gasteiger charge is 2.27. The fourth-order valence-electron chi connectivity index (χ4n) is 2.35. The molecular formula is C13H16BrFN2O. The van der Waals surface area contributed by atoms with E-state index < -0.39 is 5.82 Å². The van der Waals surface area contributed by atoms with Crippen LogP contribution in [-0.4, -0.2) is 29.4 Å². The molecule has 1 aliphatic heterocycles. The maximum atomic E-state index is 13.3. The van der Waals surface area contributed by atoms with Crippen LogP contribution in [0.15, 0.2) is 22.7 Å². The lowest BCUT2D eigenvalue weighted by molar-refractivity contribution is 0.0618. The highest BCUT2D eigenvalue weighted by molar-refractivity contribution is 9.10. The molecule has 1 fully saturated rings. The van der Waals surface area contributed by atoms with Crippen molar-refractivity contribution in [1.82, 2.24) is 4.90 Å². The molecule has 1 heterocycles. The van der Waals surface area contributed by atoms with Crippen LogP contribution in [0.5, 0.6) is 0 Å². The Morgan fingerprint density at radius 2 is 2.22 bits per heavy atom. The fraction of sp³-hybridized carbons (Fsp3) is 0.462. The molecule has 2 rings (SSSR count). The molecule has 18 heavy (non-hydrogen) atoms. The van der Waals surface area contributed by atoms with E-state index in [1.165, 1.54) is 12.1 Å². The molecule has 1 aliphatic rings. The van der Waals surface area contributed by atoms with Crippen molar-refractivity contribution in [3.8, 4) is 0 Å². The molecule has 0 bridgehead atoms. The topological polar surface area (TPSA) is 46.3 Å². The second-order valence-electron chi connectivity index (χ2n) is 4.79. The molecular weight excluding hydrogens is 299 g/mol. The Labute approximate surface area is 114 Å². The van der Waals surface area contributed by atoms with Crippen LogP contribution in [0, 0.1) is 5.82 Å². The van der Waals surface area contributed by atoms with E-state index in [9.17, 15) is 9.18 Å². The standard InChI is InChI=1S/C13H16BrFN2O/c1-8-4-12(16)2-3-17(8)13(18)9-5-10(14)7-11(15)6-9/h5-8,12H,2-4,16H2,1H3/t8-,12+/m1/s1. The van der Waals surface area contributed by atoms with Crippen molar-refractivity contribution in [3.05, 3.63) is 34.1 Å². The van der Waals surface area contributed by atoms with E-state index in [4.69, 9.17) is 5.73 Å². The Morgan fingerprint density at radius 1 is 1.50 bits per heavy atom. The lowest BCUT2D eigenvalue weighted by atomic mass is 9.98. The van der Waals surface area contributed by atoms with Crippen LogP contribution in [0.2, 0.25) is 0 Å². The van der Waals surface area contributed by atoms with Crippen molar-refractivity contribution in [2.75, 3.05) is 6.54 Å². The van der Waals surface area contributed by atoms with Crippen LogP contribution >= 0.6 is 15.9 Å². The van der Waals surface area contributed by atoms with Gasteiger partial charge in [-0.2, -0.15) is 0 Å². The number of benzene rings is 1. The van der Waals surface area contributed by atoms with Gasteiger partial charge in [-0.25, -0.2) is 4.39 Å². The van der Waals surface area contributed by atoms with Gasteiger partial charge in [0, 0.05) is 28.7 Å². The van der Waals surface area contributed by atoms with Crippen molar-refractivity contribution in [2.24, 2.45) is 5.73 Å². The molecule has 3 nitrogen and oxygen atoms in total. The predicted octanol–water partition coefficient (Wildman–Crippen LogP) is 2.54. The number of nitrogens with zero attached hydrogens (tertiary/aromatic N) is 1. The normalized spacial score (nSPS) is 24.1. The van der Waals surface area contributed by atoms with E-state index in [1.54, 1.807) is 11.0 Å². The highest BCUT2D eigenvalue weighted by atomic mass is 79.9. The van der Waals surface area contributed by atoms with E-state index in [1.807, 2.05) is 6.92 Å². The maximum absolute atomic E-state index is 13.3. The Hall–Kier alpha value is -0.940. The van der Waals surface area contributed by atoms with E-state index in [0.717, 1.165) is 12.8 Å². The van der Waals surface area contributed by atoms with Crippen LogP contribution in [0.3, 0.4) is 0 Å². The van der Waals surface area contributed by atoms with Crippen molar-refractivity contribution in [3.63, 3.8) is 0 Å². The van der Waals surface area contributed by atoms with Gasteiger partial charge >= 0.3 is 0 Å². The molecule has 0 aliphatic carbocycles. The lowest BCUT2D eigenvalue weighted by Gasteiger charge is -2.36. The van der Waals surface area contributed by atoms with Crippen LogP contribution in [0.1, 0.15) is 30.1 Å². The minimum absolute atomic E-state index is 0.100. The number of hydrogen-bond donors (Lipinski definition) is 1. The van der Waals surface area contributed by atoms with Crippen molar-refractivity contribution in [1.29, 1.82) is 0 Å². The minimum Gasteiger partial charge on any atom is -0.336 e. The summed E-state index contributed by atoms with van der Waals surface area (Å²) in [6, 6.07) is 4.51. The van der Waals surface area contributed by atoms with Gasteiger partial charge < -0.3 is 10.6 Å². The summed E-state index contributed by atoms with van der Waals surface area (Å²) < 4.78 is 13.9. The quantitative estimate of drug-likeness (QED) is 0.866. The van der Waals surface area contributed by atoms with Crippen molar-refractivity contribution >= 4 is 21.8 Å². The van der Waals surface area contributed by atoms with Gasteiger partial charge in [-0.1, -0.05) is 15.9 Å². The fourth-order valence-corrected chi connectivity index (χ4v) is 2.82. The first-order valence-corrected chi connectivity index (χ1v) is 6.79. The van der Waals surface area contributed by atoms with E-state index in [0.29, 0.717) is 16.6 Å². The van der Waals surface area contributed by atoms with Crippen molar-refractivity contribution < 1.29 is 9.18 Å². The Kier molecular flexibility index (Phi) is 4.02. The van der Waals surface area contributed by atoms with E-state index in [2.05, 4.69) is 15.9 Å². The Balaban J connectivity index is 2.20. The largest absolute Gasteiger partial charge is 0.336 e. The minimum atomic E-state index is -0.408. The zero-order valence-corrected chi connectivity index (χ0v) is 11.8. The zero-order valence-electron chi connectivity index (χ0n) is 10.2. The van der Waals surface area contributed by atoms with Gasteiger partial charge in [0.05, 0.1) is 0 Å². The van der Waals surface area contributed by atoms with Gasteiger partial charge in [0.25, 0.3) is 5.91 Å². The summed E-state index contributed by atoms with van der Waals surface area (Å²) in [7, 11) is 0. The number of hydrogen-bond acceptors (Lipinski definition) is 2. The molecule has 1 aromatic rings. The molecule has 1 aromatic carbocycles. The average molecular weight is 315 g/mol. The molecule has 0 saturated carbocycles. The van der Waals surface area contributed by atoms with E-state index in [-0.39, 0.29) is 18.0 Å². The van der Waals surface area contributed by atoms with Gasteiger partial charge in [-0.15, -0.1) is 0 Å². The SMILES string of the molecule is C[C@@H]1C[C@@H](N)CCN1C(=O)c1cc(F)cc(Br)c1. The number of amides is 1. The molecule has 0 aromatic heterocycles. The number of piperidine rings is 1. The number of carbonyl (C=O) groups is 1. The molecule has 2 atom stereocenters. The van der Waals surface area contributed by atoms with Gasteiger partial charge in [0.1, 0.15) is 5.82 Å². The summed E-state index contributed by atoms with van der Waals surface area (Å²) in [4.78, 5) is 14.1. The van der Waals surface area contributed by atoms with Gasteiger partial charge in [0.2, 0.25) is 0 Å². The molecule has 5 heteroatoms. The lowest BCUT2D eigenvalue weighted by Crippen LogP contribution is -2.48. The van der Waals surface area contributed by atoms with Crippen LogP contribution in [0.4, 0.5) is 4.39 Å². The summed E-state index contributed by atoms with van der Waals surface area (Å²) in [5, 5.41) is 0. The summed E-state index contributed by atoms with van der Waals surface area (Å²) in [6.07, 6.45) is 1.59. The number of rotatable bonds is 1. The molecule has 1 saturated heterocycles. The summed E-state index contributed by atoms with van der Waals surface area (Å²) >= 11 is 3.20. The summed E-state index contributed by atoms with van der Waals surface area (Å²) in [5.74, 6) is -0.538. The van der Waals surface area contributed by atoms with Gasteiger partial charge in [-0.3, -0.25) is 4.79 Å². The van der Waals surface area contributed by atoms with Crippen LogP contribution in [-0.2, 0) is 0 Å². The van der Waals surface area contributed by atoms with E-state index >= 15 is 0 Å². The first-order chi connectivity index (χ1) is 8.47.